The van der Waals surface area contributed by atoms with Gasteiger partial charge in [-0.15, -0.1) is 0 Å². The predicted molar refractivity (Wildman–Crippen MR) is 104 cm³/mol. The Labute approximate surface area is 156 Å². The molecule has 144 valence electrons. The van der Waals surface area contributed by atoms with Crippen LogP contribution < -0.4 is 10.6 Å². The minimum absolute atomic E-state index is 0.382. The number of likely N-dealkylation sites (N-methyl/N-ethyl adjacent to an activating group) is 1. The maximum absolute atomic E-state index is 13.1. The first-order valence-electron chi connectivity index (χ1n) is 9.15. The van der Waals surface area contributed by atoms with Crippen molar-refractivity contribution in [2.75, 3.05) is 40.3 Å². The van der Waals surface area contributed by atoms with Crippen LogP contribution in [0.15, 0.2) is 34.2 Å². The first-order valence-corrected chi connectivity index (χ1v) is 10.6. The zero-order valence-electron chi connectivity index (χ0n) is 15.8. The molecule has 1 saturated carbocycles. The summed E-state index contributed by atoms with van der Waals surface area (Å²) in [5.74, 6) is 1.38. The summed E-state index contributed by atoms with van der Waals surface area (Å²) in [4.78, 5) is 6.77. The molecular formula is C18H29N5O2S. The lowest BCUT2D eigenvalue weighted by Gasteiger charge is -2.32. The molecule has 0 amide bonds. The summed E-state index contributed by atoms with van der Waals surface area (Å²) in [5, 5.41) is 6.61. The SMILES string of the molecule is CN=C(NCc1ccccc1S(=O)(=O)N1CCN(C)CC1)NC1CC1C. The van der Waals surface area contributed by atoms with E-state index in [0.717, 1.165) is 25.1 Å². The number of rotatable bonds is 5. The second-order valence-corrected chi connectivity index (χ2v) is 9.11. The topological polar surface area (TPSA) is 77.0 Å². The van der Waals surface area contributed by atoms with Crippen LogP contribution >= 0.6 is 0 Å². The fraction of sp³-hybridized carbons (Fsp3) is 0.611. The van der Waals surface area contributed by atoms with Gasteiger partial charge in [-0.3, -0.25) is 4.99 Å². The normalized spacial score (nSPS) is 25.1. The van der Waals surface area contributed by atoms with Crippen LogP contribution in [0.5, 0.6) is 0 Å². The van der Waals surface area contributed by atoms with Gasteiger partial charge in [0.2, 0.25) is 10.0 Å². The van der Waals surface area contributed by atoms with E-state index in [1.807, 2.05) is 19.2 Å². The number of nitrogens with zero attached hydrogens (tertiary/aromatic N) is 3. The molecule has 1 aliphatic heterocycles. The molecule has 1 aromatic rings. The van der Waals surface area contributed by atoms with E-state index in [2.05, 4.69) is 27.4 Å². The molecule has 1 aliphatic carbocycles. The van der Waals surface area contributed by atoms with Gasteiger partial charge < -0.3 is 15.5 Å². The van der Waals surface area contributed by atoms with Gasteiger partial charge in [0.25, 0.3) is 0 Å². The Morgan fingerprint density at radius 3 is 2.50 bits per heavy atom. The lowest BCUT2D eigenvalue weighted by atomic mass is 10.2. The Kier molecular flexibility index (Phi) is 5.84. The van der Waals surface area contributed by atoms with Gasteiger partial charge in [0.15, 0.2) is 5.96 Å². The highest BCUT2D eigenvalue weighted by Crippen LogP contribution is 2.28. The fourth-order valence-electron chi connectivity index (χ4n) is 3.14. The minimum atomic E-state index is -3.48. The molecule has 7 nitrogen and oxygen atoms in total. The summed E-state index contributed by atoms with van der Waals surface area (Å²) in [6.07, 6.45) is 1.15. The molecular weight excluding hydrogens is 350 g/mol. The molecule has 26 heavy (non-hydrogen) atoms. The number of sulfonamides is 1. The maximum Gasteiger partial charge on any atom is 0.243 e. The molecule has 3 rings (SSSR count). The molecule has 0 radical (unpaired) electrons. The van der Waals surface area contributed by atoms with Gasteiger partial charge in [0, 0.05) is 45.8 Å². The van der Waals surface area contributed by atoms with Crippen LogP contribution in [0, 0.1) is 5.92 Å². The van der Waals surface area contributed by atoms with Crippen molar-refractivity contribution in [3.05, 3.63) is 29.8 Å². The number of piperazine rings is 1. The van der Waals surface area contributed by atoms with Crippen LogP contribution in [0.3, 0.4) is 0 Å². The molecule has 1 heterocycles. The third-order valence-corrected chi connectivity index (χ3v) is 7.15. The summed E-state index contributed by atoms with van der Waals surface area (Å²) in [7, 11) is 0.263. The van der Waals surface area contributed by atoms with Gasteiger partial charge in [-0.1, -0.05) is 25.1 Å². The molecule has 0 spiro atoms. The van der Waals surface area contributed by atoms with E-state index in [1.165, 1.54) is 0 Å². The second-order valence-electron chi connectivity index (χ2n) is 7.20. The molecule has 0 aromatic heterocycles. The monoisotopic (exact) mass is 379 g/mol. The molecule has 2 unspecified atom stereocenters. The third-order valence-electron chi connectivity index (χ3n) is 5.15. The van der Waals surface area contributed by atoms with Gasteiger partial charge in [0.1, 0.15) is 0 Å². The number of benzene rings is 1. The maximum atomic E-state index is 13.1. The molecule has 8 heteroatoms. The van der Waals surface area contributed by atoms with E-state index < -0.39 is 10.0 Å². The summed E-state index contributed by atoms with van der Waals surface area (Å²) in [5.41, 5.74) is 0.762. The van der Waals surface area contributed by atoms with Gasteiger partial charge in [-0.2, -0.15) is 4.31 Å². The van der Waals surface area contributed by atoms with E-state index >= 15 is 0 Å². The molecule has 2 atom stereocenters. The summed E-state index contributed by atoms with van der Waals surface area (Å²) in [6, 6.07) is 7.68. The highest BCUT2D eigenvalue weighted by molar-refractivity contribution is 7.89. The number of nitrogens with one attached hydrogen (secondary N) is 2. The minimum Gasteiger partial charge on any atom is -0.353 e. The molecule has 0 bridgehead atoms. The van der Waals surface area contributed by atoms with Crippen LogP contribution in [-0.4, -0.2) is 69.9 Å². The van der Waals surface area contributed by atoms with Crippen molar-refractivity contribution in [3.63, 3.8) is 0 Å². The van der Waals surface area contributed by atoms with Crippen LogP contribution in [0.1, 0.15) is 18.9 Å². The fourth-order valence-corrected chi connectivity index (χ4v) is 4.79. The highest BCUT2D eigenvalue weighted by atomic mass is 32.2. The van der Waals surface area contributed by atoms with Crippen LogP contribution in [0.4, 0.5) is 0 Å². The summed E-state index contributed by atoms with van der Waals surface area (Å²) >= 11 is 0. The van der Waals surface area contributed by atoms with E-state index in [4.69, 9.17) is 0 Å². The smallest absolute Gasteiger partial charge is 0.243 e. The van der Waals surface area contributed by atoms with E-state index in [-0.39, 0.29) is 0 Å². The molecule has 1 saturated heterocycles. The lowest BCUT2D eigenvalue weighted by Crippen LogP contribution is -2.47. The van der Waals surface area contributed by atoms with Crippen molar-refractivity contribution < 1.29 is 8.42 Å². The number of hydrogen-bond acceptors (Lipinski definition) is 4. The van der Waals surface area contributed by atoms with Gasteiger partial charge in [0.05, 0.1) is 4.90 Å². The second kappa shape index (κ2) is 7.94. The highest BCUT2D eigenvalue weighted by Gasteiger charge is 2.33. The quantitative estimate of drug-likeness (QED) is 0.582. The Morgan fingerprint density at radius 2 is 1.88 bits per heavy atom. The number of hydrogen-bond donors (Lipinski definition) is 2. The third kappa shape index (κ3) is 4.36. The molecule has 1 aromatic carbocycles. The zero-order chi connectivity index (χ0) is 18.7. The molecule has 2 fully saturated rings. The molecule has 2 aliphatic rings. The van der Waals surface area contributed by atoms with Crippen molar-refractivity contribution in [2.24, 2.45) is 10.9 Å². The van der Waals surface area contributed by atoms with Crippen LogP contribution in [0.25, 0.3) is 0 Å². The van der Waals surface area contributed by atoms with Gasteiger partial charge in [-0.25, -0.2) is 8.42 Å². The Balaban J connectivity index is 1.71. The number of aliphatic imine (C=N–C) groups is 1. The van der Waals surface area contributed by atoms with Crippen LogP contribution in [0.2, 0.25) is 0 Å². The van der Waals surface area contributed by atoms with Gasteiger partial charge >= 0.3 is 0 Å². The van der Waals surface area contributed by atoms with Crippen molar-refractivity contribution >= 4 is 16.0 Å². The first-order chi connectivity index (χ1) is 12.4. The Hall–Kier alpha value is -1.64. The molecule has 2 N–H and O–H groups in total. The van der Waals surface area contributed by atoms with E-state index in [0.29, 0.717) is 42.4 Å². The first kappa shape index (κ1) is 19.1. The van der Waals surface area contributed by atoms with Crippen molar-refractivity contribution in [3.8, 4) is 0 Å². The van der Waals surface area contributed by atoms with E-state index in [9.17, 15) is 8.42 Å². The van der Waals surface area contributed by atoms with Crippen LogP contribution in [-0.2, 0) is 16.6 Å². The van der Waals surface area contributed by atoms with Crippen molar-refractivity contribution in [1.82, 2.24) is 19.8 Å². The largest absolute Gasteiger partial charge is 0.353 e. The average molecular weight is 380 g/mol. The lowest BCUT2D eigenvalue weighted by molar-refractivity contribution is 0.222. The standard InChI is InChI=1S/C18H29N5O2S/c1-14-12-16(14)21-18(19-2)20-13-15-6-4-5-7-17(15)26(24,25)23-10-8-22(3)9-11-23/h4-7,14,16H,8-13H2,1-3H3,(H2,19,20,21). The number of guanidine groups is 1. The Bertz CT molecular complexity index is 757. The van der Waals surface area contributed by atoms with E-state index in [1.54, 1.807) is 23.5 Å². The summed E-state index contributed by atoms with van der Waals surface area (Å²) in [6.45, 7) is 5.20. The van der Waals surface area contributed by atoms with Crippen molar-refractivity contribution in [2.45, 2.75) is 30.8 Å². The van der Waals surface area contributed by atoms with Crippen molar-refractivity contribution in [1.29, 1.82) is 0 Å². The zero-order valence-corrected chi connectivity index (χ0v) is 16.6. The Morgan fingerprint density at radius 1 is 1.23 bits per heavy atom. The average Bonchev–Trinajstić information content (AvgIpc) is 3.34. The summed E-state index contributed by atoms with van der Waals surface area (Å²) < 4.78 is 27.8. The predicted octanol–water partition coefficient (Wildman–Crippen LogP) is 0.696. The van der Waals surface area contributed by atoms with Gasteiger partial charge in [-0.05, 0) is 31.0 Å².